The molecule has 3 heterocycles. The number of aliphatic hydroxyl groups is 8. The lowest BCUT2D eigenvalue weighted by Crippen LogP contribution is -2.64. The molecule has 86 heavy (non-hydrogen) atoms. The molecular weight excluding hydrogens is 1150 g/mol. The molecule has 3 aliphatic heterocycles. The van der Waals surface area contributed by atoms with Crippen LogP contribution in [-0.4, -0.2) is 312 Å². The maximum atomic E-state index is 12.9. The first-order valence-electron chi connectivity index (χ1n) is 28.6. The molecule has 0 aromatic rings. The summed E-state index contributed by atoms with van der Waals surface area (Å²) < 4.78 is 66.3. The fourth-order valence-electron chi connectivity index (χ4n) is 8.86. The first-order valence-corrected chi connectivity index (χ1v) is 28.6. The molecule has 0 aliphatic carbocycles. The fraction of sp³-hybridized carbons (Fsp3) is 0.865. The van der Waals surface area contributed by atoms with E-state index in [1.807, 2.05) is 0 Å². The highest BCUT2D eigenvalue weighted by Gasteiger charge is 2.48. The van der Waals surface area contributed by atoms with Crippen LogP contribution < -0.4 is 37.6 Å². The molecule has 3 fully saturated rings. The summed E-state index contributed by atoms with van der Waals surface area (Å²) in [7, 11) is 0. The van der Waals surface area contributed by atoms with Gasteiger partial charge in [0.25, 0.3) is 0 Å². The molecule has 0 radical (unpaired) electrons. The maximum Gasteiger partial charge on any atom is 0.220 e. The van der Waals surface area contributed by atoms with Gasteiger partial charge >= 0.3 is 0 Å². The minimum absolute atomic E-state index is 0.0206. The van der Waals surface area contributed by atoms with Gasteiger partial charge in [0.2, 0.25) is 35.4 Å². The Labute approximate surface area is 498 Å². The Morgan fingerprint density at radius 1 is 0.442 bits per heavy atom. The second kappa shape index (κ2) is 42.6. The molecule has 3 saturated heterocycles. The van der Waals surface area contributed by atoms with Crippen molar-refractivity contribution in [1.29, 1.82) is 0 Å². The van der Waals surface area contributed by atoms with Crippen LogP contribution in [0.3, 0.4) is 0 Å². The van der Waals surface area contributed by atoms with Crippen LogP contribution in [0, 0.1) is 0 Å². The van der Waals surface area contributed by atoms with Gasteiger partial charge in [-0.05, 0) is 19.3 Å². The second-order valence-corrected chi connectivity index (χ2v) is 20.3. The van der Waals surface area contributed by atoms with Crippen LogP contribution in [-0.2, 0) is 90.4 Å². The topological polar surface area (TPSA) is 490 Å². The highest BCUT2D eigenvalue weighted by molar-refractivity contribution is 5.89. The van der Waals surface area contributed by atoms with E-state index in [1.165, 1.54) is 20.8 Å². The van der Waals surface area contributed by atoms with Gasteiger partial charge in [-0.15, -0.1) is 0 Å². The number of ether oxygens (including phenoxy) is 12. The lowest BCUT2D eigenvalue weighted by Gasteiger charge is -2.42. The summed E-state index contributed by atoms with van der Waals surface area (Å²) in [6, 6.07) is -3.36. The van der Waals surface area contributed by atoms with Crippen molar-refractivity contribution in [3.63, 3.8) is 0 Å². The van der Waals surface area contributed by atoms with Crippen molar-refractivity contribution in [3.8, 4) is 0 Å². The monoisotopic (exact) mass is 1250 g/mol. The number of amides is 6. The number of hydrogen-bond donors (Lipinski definition) is 15. The summed E-state index contributed by atoms with van der Waals surface area (Å²) >= 11 is 0. The first kappa shape index (κ1) is 75.9. The Kier molecular flexibility index (Phi) is 37.6. The molecular formula is C52H93N7O27. The van der Waals surface area contributed by atoms with Crippen LogP contribution >= 0.6 is 0 Å². The Morgan fingerprint density at radius 3 is 1.06 bits per heavy atom. The predicted molar refractivity (Wildman–Crippen MR) is 292 cm³/mol. The zero-order valence-electron chi connectivity index (χ0n) is 49.1. The van der Waals surface area contributed by atoms with Crippen LogP contribution in [0.5, 0.6) is 0 Å². The van der Waals surface area contributed by atoms with E-state index in [-0.39, 0.29) is 175 Å². The molecule has 498 valence electrons. The first-order chi connectivity index (χ1) is 41.1. The molecule has 6 amide bonds. The summed E-state index contributed by atoms with van der Waals surface area (Å²) in [5.41, 5.74) is 5.69. The Hall–Kier alpha value is -4.35. The number of hydrogen-bond acceptors (Lipinski definition) is 28. The number of rotatable bonds is 45. The molecule has 16 N–H and O–H groups in total. The third-order valence-electron chi connectivity index (χ3n) is 13.5. The summed E-state index contributed by atoms with van der Waals surface area (Å²) in [4.78, 5) is 85.8. The smallest absolute Gasteiger partial charge is 0.220 e. The van der Waals surface area contributed by atoms with Crippen molar-refractivity contribution in [1.82, 2.24) is 31.9 Å². The van der Waals surface area contributed by atoms with Crippen LogP contribution in [0.25, 0.3) is 0 Å². The maximum absolute atomic E-state index is 12.9. The van der Waals surface area contributed by atoms with Crippen LogP contribution in [0.2, 0.25) is 0 Å². The average Bonchev–Trinajstić information content (AvgIpc) is 1.58. The third kappa shape index (κ3) is 28.9. The highest BCUT2D eigenvalue weighted by Crippen LogP contribution is 2.25. The Bertz CT molecular complexity index is 1900. The van der Waals surface area contributed by atoms with Gasteiger partial charge in [0, 0.05) is 65.2 Å². The number of carbonyl (C=O) groups excluding carboxylic acids is 7. The zero-order valence-corrected chi connectivity index (χ0v) is 49.1. The summed E-state index contributed by atoms with van der Waals surface area (Å²) in [6.07, 6.45) is -14.3. The Morgan fingerprint density at radius 2 is 0.744 bits per heavy atom. The second-order valence-electron chi connectivity index (χ2n) is 20.3. The highest BCUT2D eigenvalue weighted by atomic mass is 16.7. The molecule has 14 atom stereocenters. The van der Waals surface area contributed by atoms with Gasteiger partial charge in [-0.1, -0.05) is 0 Å². The van der Waals surface area contributed by atoms with Gasteiger partial charge in [0.1, 0.15) is 67.0 Å². The van der Waals surface area contributed by atoms with Crippen LogP contribution in [0.15, 0.2) is 0 Å². The van der Waals surface area contributed by atoms with E-state index in [1.54, 1.807) is 0 Å². The quantitative estimate of drug-likeness (QED) is 0.0252. The van der Waals surface area contributed by atoms with E-state index < -0.39 is 135 Å². The molecule has 0 spiro atoms. The lowest BCUT2D eigenvalue weighted by molar-refractivity contribution is -0.272. The molecule has 0 aromatic carbocycles. The van der Waals surface area contributed by atoms with Crippen molar-refractivity contribution in [2.45, 2.75) is 151 Å². The van der Waals surface area contributed by atoms with Gasteiger partial charge in [0.15, 0.2) is 24.7 Å². The lowest BCUT2D eigenvalue weighted by atomic mass is 9.84. The number of ketones is 1. The average molecular weight is 1250 g/mol. The van der Waals surface area contributed by atoms with E-state index in [9.17, 15) is 74.4 Å². The van der Waals surface area contributed by atoms with E-state index in [0.717, 1.165) is 0 Å². The van der Waals surface area contributed by atoms with Gasteiger partial charge in [-0.2, -0.15) is 0 Å². The standard InChI is InChI=1S/C52H93N7O27/c1-31(63)57-40-46(72)43(69)34(28-60)84-49(40)81-25-22-78-19-16-75-13-10-54-37(66)4-7-52(53,8-5-38(67)55-11-14-76-17-20-79-23-26-82-50-41(58-32(2)64)47(73)44(70)35(29-61)85-50)9-6-39(68)56-12-15-77-18-21-80-24-27-83-51-42(59-33(3)65)48(74)45(71)36(30-62)86-51/h34-36,40-44,46-51,60-62,69-70,72-74H,4-30,53H2,1-3H3,(H,54,66)(H,55,67)(H,56,68)(H,57,63)(H,58,64)(H,59,65). The minimum atomic E-state index is -1.64. The van der Waals surface area contributed by atoms with E-state index in [0.29, 0.717) is 0 Å². The summed E-state index contributed by atoms with van der Waals surface area (Å²) in [6.45, 7) is 3.71. The molecule has 0 bridgehead atoms. The number of nitrogens with two attached hydrogens (primary N) is 1. The van der Waals surface area contributed by atoms with Gasteiger partial charge < -0.3 is 135 Å². The van der Waals surface area contributed by atoms with Crippen molar-refractivity contribution in [3.05, 3.63) is 0 Å². The number of carbonyl (C=O) groups is 7. The minimum Gasteiger partial charge on any atom is -0.394 e. The van der Waals surface area contributed by atoms with Crippen LogP contribution in [0.1, 0.15) is 59.3 Å². The van der Waals surface area contributed by atoms with Crippen molar-refractivity contribution in [2.75, 3.05) is 139 Å². The molecule has 3 rings (SSSR count). The molecule has 14 unspecified atom stereocenters. The van der Waals surface area contributed by atoms with Gasteiger partial charge in [0.05, 0.1) is 119 Å². The summed E-state index contributed by atoms with van der Waals surface area (Å²) in [5, 5.41) is 95.5. The molecule has 34 heteroatoms. The number of Topliss-reactive ketones (excluding diaryl/α,β-unsaturated/α-hetero) is 1. The van der Waals surface area contributed by atoms with Crippen molar-refractivity contribution >= 4 is 41.2 Å². The normalized spacial score (nSPS) is 27.4. The van der Waals surface area contributed by atoms with Crippen molar-refractivity contribution < 1.29 is 131 Å². The Balaban J connectivity index is 1.36. The van der Waals surface area contributed by atoms with E-state index >= 15 is 0 Å². The zero-order chi connectivity index (χ0) is 63.4. The molecule has 0 aromatic heterocycles. The van der Waals surface area contributed by atoms with E-state index in [4.69, 9.17) is 62.6 Å². The molecule has 0 saturated carbocycles. The largest absolute Gasteiger partial charge is 0.394 e. The predicted octanol–water partition coefficient (Wildman–Crippen LogP) is -8.44. The van der Waals surface area contributed by atoms with E-state index in [2.05, 4.69) is 31.9 Å². The number of nitrogens with one attached hydrogen (secondary N) is 6. The van der Waals surface area contributed by atoms with Crippen LogP contribution in [0.4, 0.5) is 0 Å². The third-order valence-corrected chi connectivity index (χ3v) is 13.5. The van der Waals surface area contributed by atoms with Gasteiger partial charge in [-0.3, -0.25) is 33.6 Å². The fourth-order valence-corrected chi connectivity index (χ4v) is 8.86. The van der Waals surface area contributed by atoms with Gasteiger partial charge in [-0.25, -0.2) is 0 Å². The molecule has 3 aliphatic rings. The number of aliphatic hydroxyl groups excluding tert-OH is 8. The summed E-state index contributed by atoms with van der Waals surface area (Å²) in [5.74, 6) is -3.32. The SMILES string of the molecule is CC(=O)NC1C(OCCOCCOCCNC(=O)CCC(N)(CCC(=O)NCCOCCOCCOC2OC(CO)C(O)C(O)C2NC(C)=O)CCC(=O)NCCOCCOCCOC2OC(CO)C(O)C(O)C2NC(C)=O)OC(CO)C(=O)C1O. The van der Waals surface area contributed by atoms with Crippen molar-refractivity contribution in [2.24, 2.45) is 5.73 Å². The molecule has 34 nitrogen and oxygen atoms in total.